The zero-order valence-corrected chi connectivity index (χ0v) is 11.9. The van der Waals surface area contributed by atoms with Gasteiger partial charge in [0.1, 0.15) is 0 Å². The number of carbonyl (C=O) groups excluding carboxylic acids is 2. The maximum Gasteiger partial charge on any atom is 0.347 e. The van der Waals surface area contributed by atoms with Crippen LogP contribution < -0.4 is 5.32 Å². The molecule has 0 saturated carbocycles. The summed E-state index contributed by atoms with van der Waals surface area (Å²) in [5.41, 5.74) is 0.345. The third-order valence-corrected chi connectivity index (χ3v) is 3.04. The first-order valence-corrected chi connectivity index (χ1v) is 6.71. The lowest BCUT2D eigenvalue weighted by Gasteiger charge is -2.10. The van der Waals surface area contributed by atoms with Gasteiger partial charge in [0, 0.05) is 13.0 Å². The highest BCUT2D eigenvalue weighted by Crippen LogP contribution is 2.26. The summed E-state index contributed by atoms with van der Waals surface area (Å²) in [4.78, 5) is 23.6. The van der Waals surface area contributed by atoms with Crippen molar-refractivity contribution in [2.45, 2.75) is 6.42 Å². The van der Waals surface area contributed by atoms with Gasteiger partial charge in [-0.25, -0.2) is 4.79 Å². The van der Waals surface area contributed by atoms with E-state index in [0.717, 1.165) is 0 Å². The van der Waals surface area contributed by atoms with Crippen molar-refractivity contribution in [3.63, 3.8) is 0 Å². The molecule has 2 N–H and O–H groups in total. The average molecular weight is 312 g/mol. The second-order valence-electron chi connectivity index (χ2n) is 4.23. The topological polar surface area (TPSA) is 84.9 Å². The van der Waals surface area contributed by atoms with E-state index < -0.39 is 11.8 Å². The van der Waals surface area contributed by atoms with Gasteiger partial charge in [-0.1, -0.05) is 23.7 Å². The Hall–Kier alpha value is -2.05. The Labute approximate surface area is 126 Å². The first-order valence-electron chi connectivity index (χ1n) is 6.33. The van der Waals surface area contributed by atoms with Crippen molar-refractivity contribution in [3.8, 4) is 0 Å². The summed E-state index contributed by atoms with van der Waals surface area (Å²) < 4.78 is 10.1. The summed E-state index contributed by atoms with van der Waals surface area (Å²) in [6.07, 6.45) is 0.307. The van der Waals surface area contributed by atoms with E-state index in [1.165, 1.54) is 0 Å². The van der Waals surface area contributed by atoms with Gasteiger partial charge in [0.25, 0.3) is 0 Å². The van der Waals surface area contributed by atoms with Gasteiger partial charge in [-0.2, -0.15) is 0 Å². The fourth-order valence-corrected chi connectivity index (χ4v) is 1.88. The Morgan fingerprint density at radius 3 is 2.90 bits per heavy atom. The molecule has 0 saturated heterocycles. The molecule has 1 aliphatic heterocycles. The molecule has 2 rings (SSSR count). The molecule has 0 spiro atoms. The highest BCUT2D eigenvalue weighted by Gasteiger charge is 2.32. The normalized spacial score (nSPS) is 14.1. The summed E-state index contributed by atoms with van der Waals surface area (Å²) in [6.45, 7) is -0.287. The quantitative estimate of drug-likeness (QED) is 0.470. The van der Waals surface area contributed by atoms with E-state index in [9.17, 15) is 9.59 Å². The lowest BCUT2D eigenvalue weighted by molar-refractivity contribution is -0.140. The highest BCUT2D eigenvalue weighted by atomic mass is 35.5. The van der Waals surface area contributed by atoms with Crippen LogP contribution in [-0.4, -0.2) is 36.7 Å². The Balaban J connectivity index is 2.16. The first kappa shape index (κ1) is 15.3. The Kier molecular flexibility index (Phi) is 5.19. The molecule has 7 heteroatoms. The summed E-state index contributed by atoms with van der Waals surface area (Å²) in [6, 6.07) is 6.87. The predicted molar refractivity (Wildman–Crippen MR) is 75.7 cm³/mol. The van der Waals surface area contributed by atoms with Crippen LogP contribution in [0.3, 0.4) is 0 Å². The number of halogens is 1. The minimum Gasteiger partial charge on any atom is -0.470 e. The number of nitrogens with one attached hydrogen (secondary N) is 1. The predicted octanol–water partition coefficient (Wildman–Crippen LogP) is 1.49. The SMILES string of the molecule is O=C1COC(Nc2ccccc2Cl)=C1C(=O)OCCCO. The number of carbonyl (C=O) groups is 2. The Morgan fingerprint density at radius 1 is 1.43 bits per heavy atom. The van der Waals surface area contributed by atoms with Crippen molar-refractivity contribution in [2.24, 2.45) is 0 Å². The smallest absolute Gasteiger partial charge is 0.347 e. The number of benzene rings is 1. The number of anilines is 1. The van der Waals surface area contributed by atoms with Crippen LogP contribution in [0.15, 0.2) is 35.7 Å². The third kappa shape index (κ3) is 3.74. The zero-order valence-electron chi connectivity index (χ0n) is 11.1. The zero-order chi connectivity index (χ0) is 15.2. The summed E-state index contributed by atoms with van der Waals surface area (Å²) in [7, 11) is 0. The molecule has 21 heavy (non-hydrogen) atoms. The molecule has 0 aliphatic carbocycles. The average Bonchev–Trinajstić information content (AvgIpc) is 2.82. The van der Waals surface area contributed by atoms with Crippen molar-refractivity contribution in [1.29, 1.82) is 0 Å². The van der Waals surface area contributed by atoms with Gasteiger partial charge in [0.15, 0.2) is 12.2 Å². The molecular formula is C14H14ClNO5. The number of aliphatic hydroxyl groups excluding tert-OH is 1. The molecule has 1 heterocycles. The van der Waals surface area contributed by atoms with Crippen LogP contribution in [0.4, 0.5) is 5.69 Å². The monoisotopic (exact) mass is 311 g/mol. The maximum absolute atomic E-state index is 11.9. The number of hydrogen-bond acceptors (Lipinski definition) is 6. The van der Waals surface area contributed by atoms with E-state index >= 15 is 0 Å². The molecule has 0 atom stereocenters. The Bertz CT molecular complexity index is 584. The van der Waals surface area contributed by atoms with Crippen LogP contribution in [0.5, 0.6) is 0 Å². The van der Waals surface area contributed by atoms with E-state index in [1.807, 2.05) is 0 Å². The van der Waals surface area contributed by atoms with Crippen LogP contribution in [0.1, 0.15) is 6.42 Å². The van der Waals surface area contributed by atoms with Gasteiger partial charge in [-0.3, -0.25) is 4.79 Å². The van der Waals surface area contributed by atoms with Gasteiger partial charge in [-0.15, -0.1) is 0 Å². The molecule has 0 unspecified atom stereocenters. The van der Waals surface area contributed by atoms with Gasteiger partial charge in [-0.05, 0) is 12.1 Å². The lowest BCUT2D eigenvalue weighted by Crippen LogP contribution is -2.17. The van der Waals surface area contributed by atoms with Gasteiger partial charge < -0.3 is 19.9 Å². The first-order chi connectivity index (χ1) is 10.1. The number of ketones is 1. The number of rotatable bonds is 6. The molecule has 0 radical (unpaired) electrons. The second kappa shape index (κ2) is 7.10. The van der Waals surface area contributed by atoms with Crippen LogP contribution >= 0.6 is 11.6 Å². The van der Waals surface area contributed by atoms with Gasteiger partial charge in [0.05, 0.1) is 17.3 Å². The van der Waals surface area contributed by atoms with E-state index in [2.05, 4.69) is 5.32 Å². The molecule has 0 aromatic heterocycles. The molecule has 6 nitrogen and oxygen atoms in total. The van der Waals surface area contributed by atoms with Crippen molar-refractivity contribution >= 4 is 29.0 Å². The number of para-hydroxylation sites is 1. The minimum absolute atomic E-state index is 0.0297. The van der Waals surface area contributed by atoms with Crippen molar-refractivity contribution in [2.75, 3.05) is 25.1 Å². The van der Waals surface area contributed by atoms with Crippen LogP contribution in [0.25, 0.3) is 0 Å². The maximum atomic E-state index is 11.9. The fraction of sp³-hybridized carbons (Fsp3) is 0.286. The minimum atomic E-state index is -0.777. The molecule has 112 valence electrons. The number of hydrogen-bond donors (Lipinski definition) is 2. The van der Waals surface area contributed by atoms with E-state index in [1.54, 1.807) is 24.3 Å². The molecule has 0 fully saturated rings. The summed E-state index contributed by atoms with van der Waals surface area (Å²) in [5.74, 6) is -1.21. The Morgan fingerprint density at radius 2 is 2.19 bits per heavy atom. The standard InChI is InChI=1S/C14H14ClNO5/c15-9-4-1-2-5-10(9)16-13-12(11(18)8-21-13)14(19)20-7-3-6-17/h1-2,4-5,16-17H,3,6-8H2. The van der Waals surface area contributed by atoms with Crippen LogP contribution in [0, 0.1) is 0 Å². The summed E-state index contributed by atoms with van der Waals surface area (Å²) in [5, 5.41) is 11.9. The highest BCUT2D eigenvalue weighted by molar-refractivity contribution is 6.33. The lowest BCUT2D eigenvalue weighted by atomic mass is 10.2. The van der Waals surface area contributed by atoms with E-state index in [0.29, 0.717) is 17.1 Å². The second-order valence-corrected chi connectivity index (χ2v) is 4.64. The molecule has 0 amide bonds. The van der Waals surface area contributed by atoms with Crippen LogP contribution in [0.2, 0.25) is 5.02 Å². The van der Waals surface area contributed by atoms with Gasteiger partial charge >= 0.3 is 5.97 Å². The molecular weight excluding hydrogens is 298 g/mol. The molecule has 1 aromatic rings. The molecule has 0 bridgehead atoms. The number of Topliss-reactive ketones (excluding diaryl/α,β-unsaturated/α-hetero) is 1. The summed E-state index contributed by atoms with van der Waals surface area (Å²) >= 11 is 6.00. The number of ether oxygens (including phenoxy) is 2. The molecule has 1 aromatic carbocycles. The number of esters is 1. The fourth-order valence-electron chi connectivity index (χ4n) is 1.70. The van der Waals surface area contributed by atoms with E-state index in [4.69, 9.17) is 26.2 Å². The van der Waals surface area contributed by atoms with Crippen LogP contribution in [-0.2, 0) is 19.1 Å². The van der Waals surface area contributed by atoms with Crippen molar-refractivity contribution in [3.05, 3.63) is 40.7 Å². The van der Waals surface area contributed by atoms with E-state index in [-0.39, 0.29) is 31.3 Å². The van der Waals surface area contributed by atoms with Crippen molar-refractivity contribution < 1.29 is 24.2 Å². The third-order valence-electron chi connectivity index (χ3n) is 2.72. The largest absolute Gasteiger partial charge is 0.470 e. The number of aliphatic hydroxyl groups is 1. The van der Waals surface area contributed by atoms with Gasteiger partial charge in [0.2, 0.25) is 11.7 Å². The van der Waals surface area contributed by atoms with Crippen molar-refractivity contribution in [1.82, 2.24) is 0 Å². The molecule has 1 aliphatic rings.